The predicted octanol–water partition coefficient (Wildman–Crippen LogP) is 3.70. The van der Waals surface area contributed by atoms with Crippen molar-refractivity contribution >= 4 is 11.7 Å². The third-order valence-corrected chi connectivity index (χ3v) is 5.42. The summed E-state index contributed by atoms with van der Waals surface area (Å²) < 4.78 is 5.02. The molecule has 30 heavy (non-hydrogen) atoms. The Morgan fingerprint density at radius 2 is 1.70 bits per heavy atom. The number of carbonyl (C=O) groups is 1. The van der Waals surface area contributed by atoms with Gasteiger partial charge in [-0.2, -0.15) is 4.98 Å². The van der Waals surface area contributed by atoms with Crippen LogP contribution < -0.4 is 4.90 Å². The lowest BCUT2D eigenvalue weighted by Crippen LogP contribution is -2.49. The molecule has 0 atom stereocenters. The lowest BCUT2D eigenvalue weighted by atomic mass is 9.86. The third-order valence-electron chi connectivity index (χ3n) is 5.42. The minimum Gasteiger partial charge on any atom is -0.353 e. The number of nitrogens with zero attached hydrogens (tertiary/aromatic N) is 5. The van der Waals surface area contributed by atoms with Crippen LogP contribution in [-0.4, -0.2) is 52.1 Å². The second kappa shape index (κ2) is 7.89. The summed E-state index contributed by atoms with van der Waals surface area (Å²) in [6.45, 7) is 11.1. The topological polar surface area (TPSA) is 75.4 Å². The average Bonchev–Trinajstić information content (AvgIpc) is 3.19. The molecule has 1 aromatic carbocycles. The summed E-state index contributed by atoms with van der Waals surface area (Å²) in [5, 5.41) is 3.92. The molecule has 7 heteroatoms. The first-order valence-electron chi connectivity index (χ1n) is 10.2. The molecule has 0 saturated carbocycles. The number of aryl methyl sites for hydroxylation is 1. The Morgan fingerprint density at radius 3 is 2.23 bits per heavy atom. The van der Waals surface area contributed by atoms with Gasteiger partial charge in [-0.25, -0.2) is 4.98 Å². The highest BCUT2D eigenvalue weighted by atomic mass is 16.5. The monoisotopic (exact) mass is 405 g/mol. The fourth-order valence-corrected chi connectivity index (χ4v) is 3.56. The quantitative estimate of drug-likeness (QED) is 0.661. The number of benzene rings is 1. The smallest absolute Gasteiger partial charge is 0.253 e. The largest absolute Gasteiger partial charge is 0.353 e. The van der Waals surface area contributed by atoms with Crippen molar-refractivity contribution in [1.82, 2.24) is 20.0 Å². The van der Waals surface area contributed by atoms with E-state index >= 15 is 0 Å². The zero-order valence-corrected chi connectivity index (χ0v) is 17.9. The molecular formula is C23H27N5O2. The van der Waals surface area contributed by atoms with Crippen molar-refractivity contribution in [2.75, 3.05) is 31.1 Å². The van der Waals surface area contributed by atoms with Crippen molar-refractivity contribution < 1.29 is 9.32 Å². The number of rotatable bonds is 3. The Labute approximate surface area is 176 Å². The second-order valence-corrected chi connectivity index (χ2v) is 8.65. The number of amides is 1. The number of hydrogen-bond acceptors (Lipinski definition) is 6. The molecule has 1 fully saturated rings. The van der Waals surface area contributed by atoms with E-state index in [1.165, 1.54) is 5.56 Å². The van der Waals surface area contributed by atoms with Crippen molar-refractivity contribution in [3.05, 3.63) is 59.6 Å². The molecule has 0 bridgehead atoms. The van der Waals surface area contributed by atoms with Crippen LogP contribution in [-0.2, 0) is 5.41 Å². The van der Waals surface area contributed by atoms with Crippen molar-refractivity contribution in [3.8, 4) is 11.4 Å². The van der Waals surface area contributed by atoms with Crippen LogP contribution in [0, 0.1) is 6.92 Å². The molecule has 2 aromatic heterocycles. The van der Waals surface area contributed by atoms with E-state index in [1.807, 2.05) is 29.2 Å². The first-order valence-corrected chi connectivity index (χ1v) is 10.2. The molecule has 3 aromatic rings. The Bertz CT molecular complexity index is 1010. The van der Waals surface area contributed by atoms with E-state index in [1.54, 1.807) is 13.1 Å². The molecule has 7 nitrogen and oxygen atoms in total. The molecular weight excluding hydrogens is 378 g/mol. The van der Waals surface area contributed by atoms with Crippen molar-refractivity contribution in [3.63, 3.8) is 0 Å². The Kier molecular flexibility index (Phi) is 5.28. The summed E-state index contributed by atoms with van der Waals surface area (Å²) in [5.74, 6) is 2.05. The zero-order valence-electron chi connectivity index (χ0n) is 17.9. The molecule has 0 radical (unpaired) electrons. The van der Waals surface area contributed by atoms with Crippen molar-refractivity contribution in [2.24, 2.45) is 0 Å². The first kappa shape index (κ1) is 20.1. The first-order chi connectivity index (χ1) is 14.3. The number of aromatic nitrogens is 3. The Balaban J connectivity index is 1.37. The molecule has 4 rings (SSSR count). The van der Waals surface area contributed by atoms with Gasteiger partial charge in [0.15, 0.2) is 0 Å². The van der Waals surface area contributed by atoms with Crippen molar-refractivity contribution in [2.45, 2.75) is 33.1 Å². The molecule has 0 N–H and O–H groups in total. The maximum atomic E-state index is 12.9. The maximum Gasteiger partial charge on any atom is 0.253 e. The van der Waals surface area contributed by atoms with Crippen LogP contribution in [0.1, 0.15) is 42.6 Å². The molecule has 3 heterocycles. The normalized spacial score (nSPS) is 14.8. The average molecular weight is 406 g/mol. The Morgan fingerprint density at radius 1 is 1.00 bits per heavy atom. The fraction of sp³-hybridized carbons (Fsp3) is 0.391. The second-order valence-electron chi connectivity index (χ2n) is 8.65. The van der Waals surface area contributed by atoms with Gasteiger partial charge >= 0.3 is 0 Å². The van der Waals surface area contributed by atoms with Gasteiger partial charge in [-0.05, 0) is 35.2 Å². The fourth-order valence-electron chi connectivity index (χ4n) is 3.56. The molecule has 0 aliphatic carbocycles. The van der Waals surface area contributed by atoms with Crippen LogP contribution in [0.3, 0.4) is 0 Å². The standard InChI is InChI=1S/C23H27N5O2/c1-16-25-21(26-30-16)18-7-10-20(24-15-18)27-11-13-28(14-12-27)22(29)17-5-8-19(9-6-17)23(2,3)4/h5-10,15H,11-14H2,1-4H3. The summed E-state index contributed by atoms with van der Waals surface area (Å²) in [4.78, 5) is 25.8. The molecule has 1 saturated heterocycles. The summed E-state index contributed by atoms with van der Waals surface area (Å²) in [7, 11) is 0. The van der Waals surface area contributed by atoms with Crippen LogP contribution in [0.4, 0.5) is 5.82 Å². The van der Waals surface area contributed by atoms with Gasteiger partial charge in [0, 0.05) is 50.4 Å². The van der Waals surface area contributed by atoms with E-state index < -0.39 is 0 Å². The van der Waals surface area contributed by atoms with E-state index in [4.69, 9.17) is 4.52 Å². The summed E-state index contributed by atoms with van der Waals surface area (Å²) in [5.41, 5.74) is 2.88. The van der Waals surface area contributed by atoms with Crippen LogP contribution in [0.2, 0.25) is 0 Å². The van der Waals surface area contributed by atoms with Gasteiger partial charge in [-0.15, -0.1) is 0 Å². The molecule has 1 amide bonds. The SMILES string of the molecule is Cc1nc(-c2ccc(N3CCN(C(=O)c4ccc(C(C)(C)C)cc4)CC3)nc2)no1. The lowest BCUT2D eigenvalue weighted by Gasteiger charge is -2.35. The van der Waals surface area contributed by atoms with E-state index in [9.17, 15) is 4.79 Å². The summed E-state index contributed by atoms with van der Waals surface area (Å²) in [6, 6.07) is 11.9. The predicted molar refractivity (Wildman–Crippen MR) is 116 cm³/mol. The van der Waals surface area contributed by atoms with Crippen LogP contribution in [0.5, 0.6) is 0 Å². The minimum atomic E-state index is 0.0817. The number of anilines is 1. The van der Waals surface area contributed by atoms with E-state index in [0.29, 0.717) is 24.8 Å². The summed E-state index contributed by atoms with van der Waals surface area (Å²) in [6.07, 6.45) is 1.76. The third kappa shape index (κ3) is 4.20. The molecule has 0 spiro atoms. The van der Waals surface area contributed by atoms with Gasteiger partial charge in [0.05, 0.1) is 0 Å². The Hall–Kier alpha value is -3.22. The lowest BCUT2D eigenvalue weighted by molar-refractivity contribution is 0.0746. The highest BCUT2D eigenvalue weighted by Gasteiger charge is 2.23. The van der Waals surface area contributed by atoms with Crippen LogP contribution >= 0.6 is 0 Å². The van der Waals surface area contributed by atoms with E-state index in [-0.39, 0.29) is 11.3 Å². The van der Waals surface area contributed by atoms with E-state index in [2.05, 4.69) is 52.9 Å². The number of carbonyl (C=O) groups excluding carboxylic acids is 1. The molecule has 1 aliphatic rings. The molecule has 156 valence electrons. The zero-order chi connectivity index (χ0) is 21.3. The van der Waals surface area contributed by atoms with E-state index in [0.717, 1.165) is 30.0 Å². The summed E-state index contributed by atoms with van der Waals surface area (Å²) >= 11 is 0. The van der Waals surface area contributed by atoms with Gasteiger partial charge in [0.2, 0.25) is 11.7 Å². The van der Waals surface area contributed by atoms with Crippen molar-refractivity contribution in [1.29, 1.82) is 0 Å². The molecule has 0 unspecified atom stereocenters. The number of hydrogen-bond donors (Lipinski definition) is 0. The number of piperazine rings is 1. The van der Waals surface area contributed by atoms with Crippen LogP contribution in [0.15, 0.2) is 47.1 Å². The minimum absolute atomic E-state index is 0.0817. The van der Waals surface area contributed by atoms with Gasteiger partial charge in [0.25, 0.3) is 5.91 Å². The number of pyridine rings is 1. The van der Waals surface area contributed by atoms with Gasteiger partial charge in [-0.3, -0.25) is 4.79 Å². The van der Waals surface area contributed by atoms with Gasteiger partial charge < -0.3 is 14.3 Å². The molecule has 1 aliphatic heterocycles. The maximum absolute atomic E-state index is 12.9. The highest BCUT2D eigenvalue weighted by Crippen LogP contribution is 2.23. The van der Waals surface area contributed by atoms with Crippen LogP contribution in [0.25, 0.3) is 11.4 Å². The van der Waals surface area contributed by atoms with Gasteiger partial charge in [0.1, 0.15) is 5.82 Å². The highest BCUT2D eigenvalue weighted by molar-refractivity contribution is 5.94. The van der Waals surface area contributed by atoms with Gasteiger partial charge in [-0.1, -0.05) is 38.1 Å².